The molecule has 2 aromatic rings. The van der Waals surface area contributed by atoms with Gasteiger partial charge < -0.3 is 20.1 Å². The van der Waals surface area contributed by atoms with Gasteiger partial charge in [-0.15, -0.1) is 35.3 Å². The smallest absolute Gasteiger partial charge is 0.191 e. The number of methoxy groups -OCH3 is 2. The Kier molecular flexibility index (Phi) is 10.3. The van der Waals surface area contributed by atoms with E-state index in [0.29, 0.717) is 6.54 Å². The van der Waals surface area contributed by atoms with Gasteiger partial charge in [-0.2, -0.15) is 0 Å². The van der Waals surface area contributed by atoms with Crippen molar-refractivity contribution in [1.29, 1.82) is 0 Å². The summed E-state index contributed by atoms with van der Waals surface area (Å²) in [5.41, 5.74) is 2.14. The van der Waals surface area contributed by atoms with Crippen LogP contribution in [0.25, 0.3) is 0 Å². The number of hydrogen-bond donors (Lipinski definition) is 2. The van der Waals surface area contributed by atoms with Crippen LogP contribution in [0.5, 0.6) is 11.5 Å². The molecule has 0 saturated carbocycles. The first-order valence-corrected chi connectivity index (χ1v) is 9.10. The Labute approximate surface area is 176 Å². The van der Waals surface area contributed by atoms with Gasteiger partial charge in [0.05, 0.1) is 19.2 Å². The summed E-state index contributed by atoms with van der Waals surface area (Å²) in [7, 11) is 5.07. The van der Waals surface area contributed by atoms with Crippen LogP contribution < -0.4 is 20.1 Å². The fraction of sp³-hybridized carbons (Fsp3) is 0.444. The maximum absolute atomic E-state index is 5.42. The van der Waals surface area contributed by atoms with Crippen molar-refractivity contribution in [2.24, 2.45) is 4.99 Å². The van der Waals surface area contributed by atoms with Gasteiger partial charge in [0, 0.05) is 49.3 Å². The molecule has 26 heavy (non-hydrogen) atoms. The molecule has 0 aliphatic carbocycles. The van der Waals surface area contributed by atoms with Crippen LogP contribution in [0.1, 0.15) is 22.7 Å². The molecule has 0 radical (unpaired) electrons. The predicted molar refractivity (Wildman–Crippen MR) is 118 cm³/mol. The second-order valence-corrected chi connectivity index (χ2v) is 6.46. The number of nitrogens with one attached hydrogen (secondary N) is 2. The van der Waals surface area contributed by atoms with Crippen molar-refractivity contribution in [3.63, 3.8) is 0 Å². The summed E-state index contributed by atoms with van der Waals surface area (Å²) in [5, 5.41) is 9.91. The van der Waals surface area contributed by atoms with Gasteiger partial charge in [-0.1, -0.05) is 0 Å². The van der Waals surface area contributed by atoms with Gasteiger partial charge in [0.2, 0.25) is 0 Å². The Hall–Kier alpha value is -1.55. The number of aromatic nitrogens is 1. The third-order valence-corrected chi connectivity index (χ3v) is 4.72. The van der Waals surface area contributed by atoms with Crippen LogP contribution in [-0.2, 0) is 13.0 Å². The molecule has 0 amide bonds. The molecule has 0 spiro atoms. The number of aliphatic imine (C=N–C) groups is 1. The highest BCUT2D eigenvalue weighted by Crippen LogP contribution is 2.24. The van der Waals surface area contributed by atoms with Gasteiger partial charge in [-0.25, -0.2) is 4.98 Å². The molecule has 0 saturated heterocycles. The SMILES string of the molecule is CN=C(NCCCc1nc(C)cs1)NCc1ccc(OC)cc1OC.I. The maximum Gasteiger partial charge on any atom is 0.191 e. The van der Waals surface area contributed by atoms with Crippen molar-refractivity contribution in [2.45, 2.75) is 26.3 Å². The minimum Gasteiger partial charge on any atom is -0.497 e. The molecule has 6 nitrogen and oxygen atoms in total. The van der Waals surface area contributed by atoms with Crippen molar-refractivity contribution in [3.05, 3.63) is 39.8 Å². The number of hydrogen-bond acceptors (Lipinski definition) is 5. The van der Waals surface area contributed by atoms with Crippen molar-refractivity contribution in [2.75, 3.05) is 27.8 Å². The Morgan fingerprint density at radius 2 is 2.04 bits per heavy atom. The number of thiazole rings is 1. The maximum atomic E-state index is 5.42. The number of halogens is 1. The first kappa shape index (κ1) is 22.5. The quantitative estimate of drug-likeness (QED) is 0.257. The zero-order chi connectivity index (χ0) is 18.1. The lowest BCUT2D eigenvalue weighted by molar-refractivity contribution is 0.390. The number of aryl methyl sites for hydroxylation is 2. The number of rotatable bonds is 8. The number of nitrogens with zero attached hydrogens (tertiary/aromatic N) is 2. The van der Waals surface area contributed by atoms with Gasteiger partial charge in [-0.3, -0.25) is 4.99 Å². The highest BCUT2D eigenvalue weighted by molar-refractivity contribution is 14.0. The number of benzene rings is 1. The molecule has 2 rings (SSSR count). The highest BCUT2D eigenvalue weighted by Gasteiger charge is 2.06. The van der Waals surface area contributed by atoms with Gasteiger partial charge in [-0.05, 0) is 25.5 Å². The number of guanidine groups is 1. The van der Waals surface area contributed by atoms with E-state index in [-0.39, 0.29) is 24.0 Å². The molecule has 0 unspecified atom stereocenters. The van der Waals surface area contributed by atoms with Crippen molar-refractivity contribution in [3.8, 4) is 11.5 Å². The van der Waals surface area contributed by atoms with Gasteiger partial charge in [0.25, 0.3) is 0 Å². The van der Waals surface area contributed by atoms with Gasteiger partial charge in [0.15, 0.2) is 5.96 Å². The molecule has 1 aromatic heterocycles. The molecule has 0 bridgehead atoms. The molecule has 1 aromatic carbocycles. The zero-order valence-corrected chi connectivity index (χ0v) is 18.8. The van der Waals surface area contributed by atoms with E-state index >= 15 is 0 Å². The summed E-state index contributed by atoms with van der Waals surface area (Å²) in [4.78, 5) is 8.73. The fourth-order valence-electron chi connectivity index (χ4n) is 2.36. The van der Waals surface area contributed by atoms with E-state index < -0.39 is 0 Å². The summed E-state index contributed by atoms with van der Waals surface area (Å²) in [6.45, 7) is 3.49. The van der Waals surface area contributed by atoms with Crippen LogP contribution in [-0.4, -0.2) is 38.8 Å². The first-order valence-electron chi connectivity index (χ1n) is 8.22. The largest absolute Gasteiger partial charge is 0.497 e. The molecule has 2 N–H and O–H groups in total. The zero-order valence-electron chi connectivity index (χ0n) is 15.7. The molecular weight excluding hydrogens is 463 g/mol. The van der Waals surface area contributed by atoms with Crippen LogP contribution in [0.2, 0.25) is 0 Å². The Morgan fingerprint density at radius 1 is 1.23 bits per heavy atom. The van der Waals surface area contributed by atoms with E-state index in [1.54, 1.807) is 32.6 Å². The highest BCUT2D eigenvalue weighted by atomic mass is 127. The molecule has 144 valence electrons. The Morgan fingerprint density at radius 3 is 2.65 bits per heavy atom. The minimum absolute atomic E-state index is 0. The Bertz CT molecular complexity index is 706. The molecular formula is C18H27IN4O2S. The lowest BCUT2D eigenvalue weighted by Crippen LogP contribution is -2.37. The summed E-state index contributed by atoms with van der Waals surface area (Å²) >= 11 is 1.72. The van der Waals surface area contributed by atoms with E-state index in [4.69, 9.17) is 9.47 Å². The monoisotopic (exact) mass is 490 g/mol. The third-order valence-electron chi connectivity index (χ3n) is 3.69. The van der Waals surface area contributed by atoms with E-state index in [1.807, 2.05) is 25.1 Å². The Balaban J connectivity index is 0.00000338. The van der Waals surface area contributed by atoms with Crippen molar-refractivity contribution >= 4 is 41.3 Å². The summed E-state index contributed by atoms with van der Waals surface area (Å²) in [6, 6.07) is 5.79. The molecule has 1 heterocycles. The topological polar surface area (TPSA) is 67.8 Å². The lowest BCUT2D eigenvalue weighted by atomic mass is 10.2. The molecule has 8 heteroatoms. The van der Waals surface area contributed by atoms with E-state index in [0.717, 1.165) is 48.1 Å². The van der Waals surface area contributed by atoms with Crippen molar-refractivity contribution < 1.29 is 9.47 Å². The first-order chi connectivity index (χ1) is 12.2. The van der Waals surface area contributed by atoms with Crippen LogP contribution >= 0.6 is 35.3 Å². The fourth-order valence-corrected chi connectivity index (χ4v) is 3.18. The summed E-state index contributed by atoms with van der Waals surface area (Å²) in [6.07, 6.45) is 1.99. The second kappa shape index (κ2) is 11.9. The predicted octanol–water partition coefficient (Wildman–Crippen LogP) is 3.38. The van der Waals surface area contributed by atoms with Gasteiger partial charge in [0.1, 0.15) is 11.5 Å². The van der Waals surface area contributed by atoms with Crippen LogP contribution in [0.3, 0.4) is 0 Å². The average Bonchev–Trinajstić information content (AvgIpc) is 3.06. The van der Waals surface area contributed by atoms with Crippen molar-refractivity contribution in [1.82, 2.24) is 15.6 Å². The average molecular weight is 490 g/mol. The summed E-state index contributed by atoms with van der Waals surface area (Å²) in [5.74, 6) is 2.34. The van der Waals surface area contributed by atoms with Crippen LogP contribution in [0.15, 0.2) is 28.6 Å². The lowest BCUT2D eigenvalue weighted by Gasteiger charge is -2.14. The molecule has 0 aliphatic heterocycles. The molecule has 0 fully saturated rings. The number of ether oxygens (including phenoxy) is 2. The molecule has 0 atom stereocenters. The van der Waals surface area contributed by atoms with E-state index in [1.165, 1.54) is 5.01 Å². The minimum atomic E-state index is 0. The summed E-state index contributed by atoms with van der Waals surface area (Å²) < 4.78 is 10.6. The normalized spacial score (nSPS) is 10.8. The van der Waals surface area contributed by atoms with E-state index in [9.17, 15) is 0 Å². The second-order valence-electron chi connectivity index (χ2n) is 5.52. The van der Waals surface area contributed by atoms with Gasteiger partial charge >= 0.3 is 0 Å². The van der Waals surface area contributed by atoms with Crippen LogP contribution in [0.4, 0.5) is 0 Å². The third kappa shape index (κ3) is 6.99. The van der Waals surface area contributed by atoms with E-state index in [2.05, 4.69) is 26.0 Å². The standard InChI is InChI=1S/C18H26N4O2S.HI/c1-13-12-25-17(22-13)6-5-9-20-18(19-2)21-11-14-7-8-15(23-3)10-16(14)24-4;/h7-8,10,12H,5-6,9,11H2,1-4H3,(H2,19,20,21);1H. The van der Waals surface area contributed by atoms with Crippen LogP contribution in [0, 0.1) is 6.92 Å². The molecule has 0 aliphatic rings.